The van der Waals surface area contributed by atoms with Crippen molar-refractivity contribution in [2.24, 2.45) is 4.47 Å². The van der Waals surface area contributed by atoms with Crippen LogP contribution in [0, 0.1) is 0 Å². The molecule has 0 saturated heterocycles. The van der Waals surface area contributed by atoms with Crippen molar-refractivity contribution in [2.75, 3.05) is 20.8 Å². The molecule has 0 amide bonds. The second kappa shape index (κ2) is 8.92. The van der Waals surface area contributed by atoms with Crippen LogP contribution in [-0.2, 0) is 28.4 Å². The van der Waals surface area contributed by atoms with E-state index in [0.29, 0.717) is 19.5 Å². The van der Waals surface area contributed by atoms with Crippen molar-refractivity contribution in [1.82, 2.24) is 5.01 Å². The number of aliphatic hydroxyl groups excluding tert-OH is 1. The molecule has 0 aliphatic heterocycles. The third kappa shape index (κ3) is 5.61. The fourth-order valence-corrected chi connectivity index (χ4v) is 1.91. The molecule has 106 valence electrons. The first-order valence-electron chi connectivity index (χ1n) is 6.07. The molecule has 19 heavy (non-hydrogen) atoms. The van der Waals surface area contributed by atoms with Gasteiger partial charge in [0, 0.05) is 20.8 Å². The van der Waals surface area contributed by atoms with Crippen LogP contribution in [0.3, 0.4) is 0 Å². The van der Waals surface area contributed by atoms with Gasteiger partial charge in [-0.05, 0) is 12.0 Å². The van der Waals surface area contributed by atoms with E-state index in [2.05, 4.69) is 4.47 Å². The molecule has 0 saturated carbocycles. The molecule has 1 unspecified atom stereocenters. The van der Waals surface area contributed by atoms with Crippen molar-refractivity contribution in [3.05, 3.63) is 35.9 Å². The van der Waals surface area contributed by atoms with E-state index in [0.717, 1.165) is 5.56 Å². The van der Waals surface area contributed by atoms with Crippen molar-refractivity contribution in [3.8, 4) is 0 Å². The smallest absolute Gasteiger partial charge is 0.182 e. The van der Waals surface area contributed by atoms with E-state index < -0.39 is 12.4 Å². The zero-order chi connectivity index (χ0) is 14.1. The van der Waals surface area contributed by atoms with Crippen LogP contribution in [0.5, 0.6) is 0 Å². The number of aliphatic hydroxyl groups is 1. The highest BCUT2D eigenvalue weighted by molar-refractivity contribution is 7.47. The summed E-state index contributed by atoms with van der Waals surface area (Å²) in [7, 11) is 2.99. The molecule has 0 aliphatic carbocycles. The van der Waals surface area contributed by atoms with E-state index in [1.54, 1.807) is 5.01 Å². The second-order valence-corrected chi connectivity index (χ2v) is 4.31. The van der Waals surface area contributed by atoms with Crippen LogP contribution in [0.25, 0.3) is 0 Å². The molecule has 1 N–H and O–H groups in total. The molecule has 0 fully saturated rings. The quantitative estimate of drug-likeness (QED) is 0.550. The van der Waals surface area contributed by atoms with Crippen molar-refractivity contribution >= 4 is 12.4 Å². The summed E-state index contributed by atoms with van der Waals surface area (Å²) in [4.78, 5) is 0. The third-order valence-corrected chi connectivity index (χ3v) is 3.02. The molecule has 6 heteroatoms. The predicted octanol–water partition coefficient (Wildman–Crippen LogP) is 1.50. The maximum absolute atomic E-state index is 9.87. The van der Waals surface area contributed by atoms with Gasteiger partial charge in [-0.3, -0.25) is 5.01 Å². The number of nitrogens with zero attached hydrogens (tertiary/aromatic N) is 2. The molecule has 1 rings (SSSR count). The van der Waals surface area contributed by atoms with Crippen LogP contribution in [-0.4, -0.2) is 43.3 Å². The molecular weight excluding hydrogens is 264 g/mol. The molecule has 1 aromatic carbocycles. The predicted molar refractivity (Wildman–Crippen MR) is 75.1 cm³/mol. The Hall–Kier alpha value is -1.08. The molecular formula is C13H20N2O3S. The number of hydrogen-bond donors (Lipinski definition) is 1. The van der Waals surface area contributed by atoms with Crippen molar-refractivity contribution in [2.45, 2.75) is 25.4 Å². The van der Waals surface area contributed by atoms with Gasteiger partial charge in [-0.1, -0.05) is 30.3 Å². The summed E-state index contributed by atoms with van der Waals surface area (Å²) < 4.78 is 13.8. The highest BCUT2D eigenvalue weighted by atomic mass is 32.1. The van der Waals surface area contributed by atoms with Gasteiger partial charge < -0.3 is 14.6 Å². The van der Waals surface area contributed by atoms with E-state index >= 15 is 0 Å². The Balaban J connectivity index is 2.43. The lowest BCUT2D eigenvalue weighted by atomic mass is 10.2. The van der Waals surface area contributed by atoms with Gasteiger partial charge >= 0.3 is 0 Å². The largest absolute Gasteiger partial charge is 0.388 e. The highest BCUT2D eigenvalue weighted by Crippen LogP contribution is 2.09. The number of ether oxygens (including phenoxy) is 2. The maximum atomic E-state index is 9.87. The first-order valence-corrected chi connectivity index (χ1v) is 6.43. The molecule has 0 radical (unpaired) electrons. The lowest BCUT2D eigenvalue weighted by Gasteiger charge is -2.23. The SMILES string of the molecule is COC(OC)C(O)CCN(Cc1ccccc1)N=S. The lowest BCUT2D eigenvalue weighted by Crippen LogP contribution is -2.33. The highest BCUT2D eigenvalue weighted by Gasteiger charge is 2.18. The van der Waals surface area contributed by atoms with E-state index in [1.165, 1.54) is 14.2 Å². The average Bonchev–Trinajstić information content (AvgIpc) is 2.45. The Morgan fingerprint density at radius 2 is 1.89 bits per heavy atom. The number of benzene rings is 1. The van der Waals surface area contributed by atoms with E-state index in [-0.39, 0.29) is 0 Å². The summed E-state index contributed by atoms with van der Waals surface area (Å²) in [6.07, 6.45) is -0.854. The van der Waals surface area contributed by atoms with Gasteiger partial charge in [0.1, 0.15) is 6.10 Å². The molecule has 0 bridgehead atoms. The molecule has 5 nitrogen and oxygen atoms in total. The first-order chi connectivity index (χ1) is 9.21. The van der Waals surface area contributed by atoms with E-state index in [4.69, 9.17) is 21.9 Å². The molecule has 0 aliphatic rings. The van der Waals surface area contributed by atoms with Gasteiger partial charge in [0.05, 0.1) is 19.0 Å². The fraction of sp³-hybridized carbons (Fsp3) is 0.538. The van der Waals surface area contributed by atoms with Gasteiger partial charge in [0.2, 0.25) is 0 Å². The molecule has 1 aromatic rings. The first kappa shape index (κ1) is 16.0. The minimum atomic E-state index is -0.704. The normalized spacial score (nSPS) is 12.4. The summed E-state index contributed by atoms with van der Waals surface area (Å²) in [5.41, 5.74) is 1.13. The molecule has 0 heterocycles. The van der Waals surface area contributed by atoms with Crippen LogP contribution in [0.15, 0.2) is 34.8 Å². The monoisotopic (exact) mass is 284 g/mol. The summed E-state index contributed by atoms with van der Waals surface area (Å²) >= 11 is 4.75. The van der Waals surface area contributed by atoms with Crippen LogP contribution in [0.4, 0.5) is 0 Å². The van der Waals surface area contributed by atoms with E-state index in [1.807, 2.05) is 30.3 Å². The number of rotatable bonds is 9. The summed E-state index contributed by atoms with van der Waals surface area (Å²) in [6.45, 7) is 1.17. The standard InChI is InChI=1S/C13H20N2O3S/c1-17-13(18-2)12(16)8-9-15(14-19)10-11-6-4-3-5-7-11/h3-7,12-13,16H,8-10H2,1-2H3. The Kier molecular flexibility index (Phi) is 7.50. The second-order valence-electron chi connectivity index (χ2n) is 4.15. The minimum absolute atomic E-state index is 0.472. The van der Waals surface area contributed by atoms with Crippen LogP contribution < -0.4 is 0 Å². The van der Waals surface area contributed by atoms with Gasteiger partial charge in [0.25, 0.3) is 0 Å². The lowest BCUT2D eigenvalue weighted by molar-refractivity contribution is -0.166. The number of hydrogen-bond acceptors (Lipinski definition) is 5. The Labute approximate surface area is 119 Å². The van der Waals surface area contributed by atoms with Gasteiger partial charge in [-0.2, -0.15) is 0 Å². The Morgan fingerprint density at radius 1 is 1.26 bits per heavy atom. The average molecular weight is 284 g/mol. The molecule has 1 atom stereocenters. The van der Waals surface area contributed by atoms with Crippen molar-refractivity contribution < 1.29 is 14.6 Å². The fourth-order valence-electron chi connectivity index (χ4n) is 1.77. The van der Waals surface area contributed by atoms with Crippen LogP contribution in [0.2, 0.25) is 0 Å². The molecule has 0 spiro atoms. The zero-order valence-electron chi connectivity index (χ0n) is 11.2. The van der Waals surface area contributed by atoms with Crippen LogP contribution >= 0.6 is 0 Å². The van der Waals surface area contributed by atoms with Crippen molar-refractivity contribution in [3.63, 3.8) is 0 Å². The van der Waals surface area contributed by atoms with Gasteiger partial charge in [-0.25, -0.2) is 0 Å². The zero-order valence-corrected chi connectivity index (χ0v) is 12.0. The summed E-state index contributed by atoms with van der Waals surface area (Å²) in [5.74, 6) is 0. The minimum Gasteiger partial charge on any atom is -0.388 e. The Bertz CT molecular complexity index is 360. The maximum Gasteiger partial charge on any atom is 0.182 e. The van der Waals surface area contributed by atoms with Gasteiger partial charge in [0.15, 0.2) is 6.29 Å². The third-order valence-electron chi connectivity index (χ3n) is 2.79. The topological polar surface area (TPSA) is 54.3 Å². The van der Waals surface area contributed by atoms with E-state index in [9.17, 15) is 5.11 Å². The summed E-state index contributed by atoms with van der Waals surface area (Å²) in [6, 6.07) is 9.92. The summed E-state index contributed by atoms with van der Waals surface area (Å²) in [5, 5.41) is 11.6. The molecule has 0 aromatic heterocycles. The Morgan fingerprint density at radius 3 is 2.42 bits per heavy atom. The van der Waals surface area contributed by atoms with Gasteiger partial charge in [-0.15, -0.1) is 4.47 Å². The number of methoxy groups -OCH3 is 2. The van der Waals surface area contributed by atoms with Crippen LogP contribution in [0.1, 0.15) is 12.0 Å². The van der Waals surface area contributed by atoms with Crippen molar-refractivity contribution in [1.29, 1.82) is 0 Å².